The van der Waals surface area contributed by atoms with E-state index in [4.69, 9.17) is 0 Å². The van der Waals surface area contributed by atoms with Crippen LogP contribution in [0.4, 0.5) is 5.82 Å². The molecule has 0 spiro atoms. The molecule has 0 saturated carbocycles. The van der Waals surface area contributed by atoms with Crippen LogP contribution < -0.4 is 5.32 Å². The van der Waals surface area contributed by atoms with Gasteiger partial charge in [-0.3, -0.25) is 0 Å². The molecule has 0 aromatic carbocycles. The van der Waals surface area contributed by atoms with Crippen LogP contribution in [0.25, 0.3) is 0 Å². The summed E-state index contributed by atoms with van der Waals surface area (Å²) < 4.78 is 0.847. The molecule has 3 nitrogen and oxygen atoms in total. The van der Waals surface area contributed by atoms with Crippen molar-refractivity contribution in [3.8, 4) is 0 Å². The summed E-state index contributed by atoms with van der Waals surface area (Å²) in [6.45, 7) is 5.25. The van der Waals surface area contributed by atoms with Gasteiger partial charge in [0.2, 0.25) is 0 Å². The van der Waals surface area contributed by atoms with Crippen LogP contribution in [-0.2, 0) is 6.42 Å². The van der Waals surface area contributed by atoms with Crippen molar-refractivity contribution in [2.45, 2.75) is 31.9 Å². The number of nitrogens with one attached hydrogen (secondary N) is 1. The molecule has 0 bridgehead atoms. The van der Waals surface area contributed by atoms with E-state index in [0.717, 1.165) is 35.6 Å². The molecule has 1 aromatic heterocycles. The molecule has 0 radical (unpaired) electrons. The van der Waals surface area contributed by atoms with Gasteiger partial charge in [-0.25, -0.2) is 9.97 Å². The number of anilines is 1. The van der Waals surface area contributed by atoms with Gasteiger partial charge >= 0.3 is 0 Å². The van der Waals surface area contributed by atoms with E-state index >= 15 is 0 Å². The average molecular weight is 304 g/mol. The van der Waals surface area contributed by atoms with Crippen molar-refractivity contribution in [2.75, 3.05) is 18.1 Å². The number of hydrogen-bond donors (Lipinski definition) is 1. The Morgan fingerprint density at radius 3 is 2.88 bits per heavy atom. The van der Waals surface area contributed by atoms with E-state index in [9.17, 15) is 0 Å². The summed E-state index contributed by atoms with van der Waals surface area (Å²) in [6.07, 6.45) is 4.14. The van der Waals surface area contributed by atoms with Gasteiger partial charge in [0.25, 0.3) is 0 Å². The van der Waals surface area contributed by atoms with Gasteiger partial charge in [-0.15, -0.1) is 0 Å². The zero-order chi connectivity index (χ0) is 12.0. The summed E-state index contributed by atoms with van der Waals surface area (Å²) in [4.78, 5) is 8.69. The Kier molecular flexibility index (Phi) is 6.13. The Morgan fingerprint density at radius 2 is 2.25 bits per heavy atom. The fourth-order valence-corrected chi connectivity index (χ4v) is 2.01. The quantitative estimate of drug-likeness (QED) is 0.818. The third-order valence-corrected chi connectivity index (χ3v) is 3.76. The molecule has 1 heterocycles. The molecule has 0 aliphatic heterocycles. The lowest BCUT2D eigenvalue weighted by Crippen LogP contribution is -2.10. The van der Waals surface area contributed by atoms with Gasteiger partial charge < -0.3 is 5.32 Å². The molecule has 1 atom stereocenters. The van der Waals surface area contributed by atoms with Gasteiger partial charge in [-0.2, -0.15) is 11.8 Å². The number of rotatable bonds is 6. The maximum atomic E-state index is 4.42. The topological polar surface area (TPSA) is 37.8 Å². The Hall–Kier alpha value is -0.290. The lowest BCUT2D eigenvalue weighted by atomic mass is 10.3. The third kappa shape index (κ3) is 4.70. The van der Waals surface area contributed by atoms with Crippen molar-refractivity contribution < 1.29 is 0 Å². The molecule has 0 saturated heterocycles. The van der Waals surface area contributed by atoms with Crippen LogP contribution in [0.1, 0.15) is 26.1 Å². The predicted molar refractivity (Wildman–Crippen MR) is 75.2 cm³/mol. The highest BCUT2D eigenvalue weighted by atomic mass is 79.9. The average Bonchev–Trinajstić information content (AvgIpc) is 2.28. The number of thioether (sulfide) groups is 1. The Bertz CT molecular complexity index is 333. The zero-order valence-electron chi connectivity index (χ0n) is 9.96. The molecule has 0 fully saturated rings. The van der Waals surface area contributed by atoms with E-state index in [1.54, 1.807) is 0 Å². The van der Waals surface area contributed by atoms with Gasteiger partial charge in [0.1, 0.15) is 16.2 Å². The van der Waals surface area contributed by atoms with Crippen LogP contribution in [0.15, 0.2) is 10.7 Å². The van der Waals surface area contributed by atoms with E-state index in [1.165, 1.54) is 0 Å². The third-order valence-electron chi connectivity index (χ3n) is 2.32. The summed E-state index contributed by atoms with van der Waals surface area (Å²) >= 11 is 5.28. The van der Waals surface area contributed by atoms with Crippen molar-refractivity contribution >= 4 is 33.5 Å². The van der Waals surface area contributed by atoms with Crippen LogP contribution >= 0.6 is 27.7 Å². The maximum Gasteiger partial charge on any atom is 0.131 e. The van der Waals surface area contributed by atoms with Crippen LogP contribution in [0.3, 0.4) is 0 Å². The monoisotopic (exact) mass is 303 g/mol. The fraction of sp³-hybridized carbons (Fsp3) is 0.636. The summed E-state index contributed by atoms with van der Waals surface area (Å²) in [5.41, 5.74) is 0. The van der Waals surface area contributed by atoms with E-state index in [1.807, 2.05) is 17.8 Å². The van der Waals surface area contributed by atoms with Crippen molar-refractivity contribution in [1.82, 2.24) is 9.97 Å². The Balaban J connectivity index is 2.50. The first-order valence-corrected chi connectivity index (χ1v) is 7.54. The molecule has 5 heteroatoms. The normalized spacial score (nSPS) is 12.5. The van der Waals surface area contributed by atoms with Crippen molar-refractivity contribution in [3.05, 3.63) is 16.5 Å². The Morgan fingerprint density at radius 1 is 1.50 bits per heavy atom. The number of nitrogens with zero attached hydrogens (tertiary/aromatic N) is 2. The molecule has 90 valence electrons. The van der Waals surface area contributed by atoms with Crippen molar-refractivity contribution in [3.63, 3.8) is 0 Å². The molecular weight excluding hydrogens is 286 g/mol. The highest BCUT2D eigenvalue weighted by Gasteiger charge is 2.02. The van der Waals surface area contributed by atoms with E-state index in [0.29, 0.717) is 5.25 Å². The minimum atomic E-state index is 0.684. The van der Waals surface area contributed by atoms with Gasteiger partial charge in [-0.1, -0.05) is 13.8 Å². The van der Waals surface area contributed by atoms with E-state index < -0.39 is 0 Å². The lowest BCUT2D eigenvalue weighted by molar-refractivity contribution is 0.842. The zero-order valence-corrected chi connectivity index (χ0v) is 12.4. The molecular formula is C11H18BrN3S. The highest BCUT2D eigenvalue weighted by Crippen LogP contribution is 2.14. The number of hydrogen-bond acceptors (Lipinski definition) is 4. The molecule has 1 unspecified atom stereocenters. The summed E-state index contributed by atoms with van der Waals surface area (Å²) in [5, 5.41) is 4.01. The second-order valence-electron chi connectivity index (χ2n) is 3.61. The lowest BCUT2D eigenvalue weighted by Gasteiger charge is -2.10. The fourth-order valence-electron chi connectivity index (χ4n) is 1.23. The molecule has 1 N–H and O–H groups in total. The molecule has 0 amide bonds. The van der Waals surface area contributed by atoms with Gasteiger partial charge in [0, 0.05) is 24.3 Å². The summed E-state index contributed by atoms with van der Waals surface area (Å²) in [5.74, 6) is 1.78. The van der Waals surface area contributed by atoms with Crippen LogP contribution in [0.2, 0.25) is 0 Å². The second-order valence-corrected chi connectivity index (χ2v) is 5.70. The minimum absolute atomic E-state index is 0.684. The Labute approximate surface area is 110 Å². The van der Waals surface area contributed by atoms with Crippen molar-refractivity contribution in [2.24, 2.45) is 0 Å². The van der Waals surface area contributed by atoms with Crippen LogP contribution in [0.5, 0.6) is 0 Å². The standard InChI is InChI=1S/C11H18BrN3S/c1-4-10-14-9(12)7-11(15-10)13-6-5-8(2)16-3/h7-8H,4-6H2,1-3H3,(H,13,14,15). The summed E-state index contributed by atoms with van der Waals surface area (Å²) in [6, 6.07) is 1.92. The minimum Gasteiger partial charge on any atom is -0.370 e. The van der Waals surface area contributed by atoms with Gasteiger partial charge in [0.05, 0.1) is 0 Å². The highest BCUT2D eigenvalue weighted by molar-refractivity contribution is 9.10. The maximum absolute atomic E-state index is 4.42. The van der Waals surface area contributed by atoms with Crippen LogP contribution in [0, 0.1) is 0 Å². The molecule has 1 rings (SSSR count). The SMILES string of the molecule is CCc1nc(Br)cc(NCCC(C)SC)n1. The first-order valence-electron chi connectivity index (χ1n) is 5.45. The molecule has 16 heavy (non-hydrogen) atoms. The smallest absolute Gasteiger partial charge is 0.131 e. The van der Waals surface area contributed by atoms with E-state index in [2.05, 4.69) is 51.3 Å². The van der Waals surface area contributed by atoms with E-state index in [-0.39, 0.29) is 0 Å². The molecule has 1 aromatic rings. The van der Waals surface area contributed by atoms with Gasteiger partial charge in [-0.05, 0) is 28.6 Å². The largest absolute Gasteiger partial charge is 0.370 e. The number of aromatic nitrogens is 2. The molecule has 0 aliphatic carbocycles. The summed E-state index contributed by atoms with van der Waals surface area (Å²) in [7, 11) is 0. The number of aryl methyl sites for hydroxylation is 1. The van der Waals surface area contributed by atoms with Crippen molar-refractivity contribution in [1.29, 1.82) is 0 Å². The molecule has 0 aliphatic rings. The second kappa shape index (κ2) is 7.12. The van der Waals surface area contributed by atoms with Gasteiger partial charge in [0.15, 0.2) is 0 Å². The predicted octanol–water partition coefficient (Wildman–Crippen LogP) is 3.36. The number of halogens is 1. The van der Waals surface area contributed by atoms with Crippen LogP contribution in [-0.4, -0.2) is 28.0 Å². The first kappa shape index (κ1) is 13.8. The first-order chi connectivity index (χ1) is 7.65.